The highest BCUT2D eigenvalue weighted by Gasteiger charge is 2.47. The van der Waals surface area contributed by atoms with E-state index in [4.69, 9.17) is 14.2 Å². The molecular weight excluding hydrogens is 276 g/mol. The molecule has 20 heavy (non-hydrogen) atoms. The normalized spacial score (nSPS) is 53.9. The Morgan fingerprint density at radius 3 is 2.20 bits per heavy atom. The average Bonchev–Trinajstić information content (AvgIpc) is 2.42. The fraction of sp³-hybridized carbons (Fsp3) is 1.00. The first kappa shape index (κ1) is 16.0. The van der Waals surface area contributed by atoms with Crippen molar-refractivity contribution in [3.8, 4) is 0 Å². The molecule has 2 fully saturated rings. The summed E-state index contributed by atoms with van der Waals surface area (Å²) >= 11 is 0. The minimum absolute atomic E-state index is 0.257. The predicted molar refractivity (Wildman–Crippen MR) is 61.2 cm³/mol. The Balaban J connectivity index is 2.04. The van der Waals surface area contributed by atoms with E-state index in [-0.39, 0.29) is 6.61 Å². The van der Waals surface area contributed by atoms with Gasteiger partial charge in [0.25, 0.3) is 0 Å². The summed E-state index contributed by atoms with van der Waals surface area (Å²) in [7, 11) is 0. The largest absolute Gasteiger partial charge is 0.388 e. The van der Waals surface area contributed by atoms with Gasteiger partial charge in [-0.1, -0.05) is 0 Å². The Morgan fingerprint density at radius 1 is 0.900 bits per heavy atom. The van der Waals surface area contributed by atoms with Crippen LogP contribution in [0.4, 0.5) is 0 Å². The van der Waals surface area contributed by atoms with Crippen LogP contribution in [-0.2, 0) is 14.2 Å². The molecule has 0 saturated carbocycles. The molecule has 0 aromatic rings. The highest BCUT2D eigenvalue weighted by atomic mass is 16.7. The minimum atomic E-state index is -1.56. The fourth-order valence-electron chi connectivity index (χ4n) is 2.23. The van der Waals surface area contributed by atoms with Crippen LogP contribution < -0.4 is 0 Å². The molecule has 9 heteroatoms. The Labute approximate surface area is 114 Å². The van der Waals surface area contributed by atoms with Gasteiger partial charge >= 0.3 is 0 Å². The molecule has 2 aliphatic rings. The fourth-order valence-corrected chi connectivity index (χ4v) is 2.23. The third-order valence-corrected chi connectivity index (χ3v) is 3.55. The second-order valence-corrected chi connectivity index (χ2v) is 5.06. The first-order chi connectivity index (χ1) is 9.32. The van der Waals surface area contributed by atoms with Crippen molar-refractivity contribution >= 4 is 0 Å². The molecule has 0 aromatic heterocycles. The van der Waals surface area contributed by atoms with Gasteiger partial charge in [-0.3, -0.25) is 0 Å². The molecule has 2 saturated heterocycles. The van der Waals surface area contributed by atoms with Crippen molar-refractivity contribution in [1.29, 1.82) is 0 Å². The SMILES string of the molecule is C[C@@H]1O[C@@H](O[C@@H]2[C@@H](O)[C@@H](O)OC[C@H]2O)[C@H](O)[C@H](O)[C@H]1O. The molecule has 0 bridgehead atoms. The molecule has 2 heterocycles. The molecule has 9 atom stereocenters. The first-order valence-corrected chi connectivity index (χ1v) is 6.34. The van der Waals surface area contributed by atoms with Gasteiger partial charge in [-0.15, -0.1) is 0 Å². The molecule has 6 N–H and O–H groups in total. The van der Waals surface area contributed by atoms with Crippen molar-refractivity contribution in [2.24, 2.45) is 0 Å². The van der Waals surface area contributed by atoms with Gasteiger partial charge in [0.2, 0.25) is 0 Å². The number of hydrogen-bond donors (Lipinski definition) is 6. The summed E-state index contributed by atoms with van der Waals surface area (Å²) in [4.78, 5) is 0. The lowest BCUT2D eigenvalue weighted by Gasteiger charge is -2.43. The van der Waals surface area contributed by atoms with Crippen molar-refractivity contribution in [2.75, 3.05) is 6.61 Å². The second kappa shape index (κ2) is 6.18. The minimum Gasteiger partial charge on any atom is -0.388 e. The summed E-state index contributed by atoms with van der Waals surface area (Å²) in [6.45, 7) is 1.22. The van der Waals surface area contributed by atoms with Crippen molar-refractivity contribution in [3.63, 3.8) is 0 Å². The van der Waals surface area contributed by atoms with Gasteiger partial charge in [-0.2, -0.15) is 0 Å². The van der Waals surface area contributed by atoms with Crippen LogP contribution in [0.15, 0.2) is 0 Å². The second-order valence-electron chi connectivity index (χ2n) is 5.06. The van der Waals surface area contributed by atoms with Crippen LogP contribution in [0.5, 0.6) is 0 Å². The molecule has 0 unspecified atom stereocenters. The number of hydrogen-bond acceptors (Lipinski definition) is 9. The summed E-state index contributed by atoms with van der Waals surface area (Å²) in [5.41, 5.74) is 0. The monoisotopic (exact) mass is 296 g/mol. The predicted octanol–water partition coefficient (Wildman–Crippen LogP) is -3.73. The molecule has 0 aliphatic carbocycles. The maximum Gasteiger partial charge on any atom is 0.187 e. The lowest BCUT2D eigenvalue weighted by atomic mass is 9.99. The third kappa shape index (κ3) is 2.96. The third-order valence-electron chi connectivity index (χ3n) is 3.55. The Morgan fingerprint density at radius 2 is 1.55 bits per heavy atom. The van der Waals surface area contributed by atoms with Crippen molar-refractivity contribution < 1.29 is 44.8 Å². The van der Waals surface area contributed by atoms with Crippen LogP contribution in [0.1, 0.15) is 6.92 Å². The molecule has 9 nitrogen and oxygen atoms in total. The van der Waals surface area contributed by atoms with E-state index in [1.807, 2.05) is 0 Å². The lowest BCUT2D eigenvalue weighted by molar-refractivity contribution is -0.341. The zero-order valence-corrected chi connectivity index (χ0v) is 10.8. The van der Waals surface area contributed by atoms with Crippen LogP contribution in [0.25, 0.3) is 0 Å². The highest BCUT2D eigenvalue weighted by Crippen LogP contribution is 2.26. The van der Waals surface area contributed by atoms with E-state index >= 15 is 0 Å². The van der Waals surface area contributed by atoms with Crippen molar-refractivity contribution in [1.82, 2.24) is 0 Å². The molecule has 0 aromatic carbocycles. The molecule has 0 amide bonds. The molecular formula is C11H20O9. The van der Waals surface area contributed by atoms with E-state index in [1.54, 1.807) is 0 Å². The topological polar surface area (TPSA) is 149 Å². The zero-order chi connectivity index (χ0) is 15.0. The highest BCUT2D eigenvalue weighted by molar-refractivity contribution is 4.90. The quantitative estimate of drug-likeness (QED) is 0.302. The van der Waals surface area contributed by atoms with Gasteiger partial charge in [0.1, 0.15) is 36.6 Å². The van der Waals surface area contributed by atoms with E-state index in [0.29, 0.717) is 0 Å². The summed E-state index contributed by atoms with van der Waals surface area (Å²) in [6, 6.07) is 0. The average molecular weight is 296 g/mol. The smallest absolute Gasteiger partial charge is 0.187 e. The van der Waals surface area contributed by atoms with E-state index in [9.17, 15) is 30.6 Å². The van der Waals surface area contributed by atoms with Gasteiger partial charge in [0.05, 0.1) is 12.7 Å². The Hall–Kier alpha value is -0.360. The molecule has 0 radical (unpaired) electrons. The van der Waals surface area contributed by atoms with Gasteiger partial charge in [-0.25, -0.2) is 0 Å². The van der Waals surface area contributed by atoms with Gasteiger partial charge in [0, 0.05) is 0 Å². The van der Waals surface area contributed by atoms with Gasteiger partial charge in [0.15, 0.2) is 12.6 Å². The summed E-state index contributed by atoms with van der Waals surface area (Å²) in [5.74, 6) is 0. The zero-order valence-electron chi connectivity index (χ0n) is 10.8. The molecule has 2 aliphatic heterocycles. The maximum atomic E-state index is 9.78. The first-order valence-electron chi connectivity index (χ1n) is 6.34. The molecule has 0 spiro atoms. The summed E-state index contributed by atoms with van der Waals surface area (Å²) in [5, 5.41) is 57.7. The van der Waals surface area contributed by atoms with Crippen molar-refractivity contribution in [3.05, 3.63) is 0 Å². The Bertz CT molecular complexity index is 327. The van der Waals surface area contributed by atoms with E-state index in [0.717, 1.165) is 0 Å². The van der Waals surface area contributed by atoms with Crippen LogP contribution in [-0.4, -0.2) is 92.6 Å². The maximum absolute atomic E-state index is 9.78. The van der Waals surface area contributed by atoms with Gasteiger partial charge in [-0.05, 0) is 6.92 Å². The van der Waals surface area contributed by atoms with E-state index in [2.05, 4.69) is 0 Å². The number of rotatable bonds is 2. The number of aliphatic hydroxyl groups is 6. The Kier molecular flexibility index (Phi) is 4.95. The summed E-state index contributed by atoms with van der Waals surface area (Å²) < 4.78 is 15.1. The van der Waals surface area contributed by atoms with E-state index < -0.39 is 55.3 Å². The van der Waals surface area contributed by atoms with Crippen LogP contribution in [0.3, 0.4) is 0 Å². The van der Waals surface area contributed by atoms with Crippen LogP contribution in [0.2, 0.25) is 0 Å². The van der Waals surface area contributed by atoms with Gasteiger partial charge < -0.3 is 44.8 Å². The van der Waals surface area contributed by atoms with Crippen molar-refractivity contribution in [2.45, 2.75) is 62.2 Å². The standard InChI is InChI=1S/C11H20O9/c1-3-5(13)6(14)7(15)11(19-3)20-9-4(12)2-18-10(17)8(9)16/h3-17H,2H2,1H3/t3-,4+,5-,6+,7+,8+,9-,10-,11-/m0/s1. The lowest BCUT2D eigenvalue weighted by Crippen LogP contribution is -2.61. The molecule has 2 rings (SSSR count). The van der Waals surface area contributed by atoms with Crippen LogP contribution >= 0.6 is 0 Å². The molecule has 118 valence electrons. The number of aliphatic hydroxyl groups excluding tert-OH is 6. The number of ether oxygens (including phenoxy) is 3. The van der Waals surface area contributed by atoms with Crippen LogP contribution in [0, 0.1) is 0 Å². The summed E-state index contributed by atoms with van der Waals surface area (Å²) in [6.07, 6.45) is -12.0. The van der Waals surface area contributed by atoms with E-state index in [1.165, 1.54) is 6.92 Å².